The van der Waals surface area contributed by atoms with E-state index in [4.69, 9.17) is 10.5 Å². The summed E-state index contributed by atoms with van der Waals surface area (Å²) in [7, 11) is 1.66. The van der Waals surface area contributed by atoms with Gasteiger partial charge in [0, 0.05) is 11.6 Å². The van der Waals surface area contributed by atoms with Crippen molar-refractivity contribution in [3.05, 3.63) is 35.5 Å². The van der Waals surface area contributed by atoms with Crippen molar-refractivity contribution >= 4 is 5.82 Å². The van der Waals surface area contributed by atoms with Gasteiger partial charge in [0.1, 0.15) is 11.6 Å². The van der Waals surface area contributed by atoms with Crippen LogP contribution in [-0.4, -0.2) is 16.9 Å². The molecule has 0 radical (unpaired) electrons. The molecule has 0 saturated carbocycles. The summed E-state index contributed by atoms with van der Waals surface area (Å²) in [6.07, 6.45) is 2.12. The van der Waals surface area contributed by atoms with E-state index in [1.165, 1.54) is 5.56 Å². The van der Waals surface area contributed by atoms with Crippen LogP contribution in [0.1, 0.15) is 31.5 Å². The summed E-state index contributed by atoms with van der Waals surface area (Å²) in [5, 5.41) is 4.67. The minimum atomic E-state index is 0.122. The highest BCUT2D eigenvalue weighted by molar-refractivity contribution is 5.56. The Bertz CT molecular complexity index is 628. The van der Waals surface area contributed by atoms with E-state index in [0.29, 0.717) is 0 Å². The van der Waals surface area contributed by atoms with Gasteiger partial charge in [0.15, 0.2) is 0 Å². The van der Waals surface area contributed by atoms with Crippen molar-refractivity contribution in [2.24, 2.45) is 0 Å². The first-order chi connectivity index (χ1) is 9.03. The molecule has 0 bridgehead atoms. The molecule has 1 aromatic heterocycles. The van der Waals surface area contributed by atoms with Crippen molar-refractivity contribution in [2.75, 3.05) is 12.8 Å². The summed E-state index contributed by atoms with van der Waals surface area (Å²) >= 11 is 0. The molecule has 1 aliphatic carbocycles. The van der Waals surface area contributed by atoms with Crippen molar-refractivity contribution in [1.82, 2.24) is 9.78 Å². The van der Waals surface area contributed by atoms with Crippen LogP contribution in [0.15, 0.2) is 24.3 Å². The molecular formula is C15H19N3O. The second kappa shape index (κ2) is 4.02. The average Bonchev–Trinajstić information content (AvgIpc) is 2.89. The molecule has 2 N–H and O–H groups in total. The summed E-state index contributed by atoms with van der Waals surface area (Å²) in [6.45, 7) is 4.46. The molecule has 1 heterocycles. The highest BCUT2D eigenvalue weighted by Gasteiger charge is 2.35. The van der Waals surface area contributed by atoms with Crippen LogP contribution in [0.4, 0.5) is 5.82 Å². The first-order valence-electron chi connectivity index (χ1n) is 6.55. The van der Waals surface area contributed by atoms with E-state index in [-0.39, 0.29) is 5.41 Å². The van der Waals surface area contributed by atoms with E-state index in [0.717, 1.165) is 35.8 Å². The third-order valence-corrected chi connectivity index (χ3v) is 3.96. The number of benzene rings is 1. The number of hydrogen-bond acceptors (Lipinski definition) is 3. The maximum Gasteiger partial charge on any atom is 0.131 e. The van der Waals surface area contributed by atoms with Gasteiger partial charge in [-0.25, -0.2) is 4.68 Å². The van der Waals surface area contributed by atoms with Crippen LogP contribution in [0.5, 0.6) is 5.75 Å². The van der Waals surface area contributed by atoms with Crippen LogP contribution >= 0.6 is 0 Å². The highest BCUT2D eigenvalue weighted by Crippen LogP contribution is 2.42. The predicted octanol–water partition coefficient (Wildman–Crippen LogP) is 2.69. The Balaban J connectivity index is 2.13. The molecule has 100 valence electrons. The van der Waals surface area contributed by atoms with Gasteiger partial charge < -0.3 is 10.5 Å². The molecule has 0 atom stereocenters. The van der Waals surface area contributed by atoms with Crippen LogP contribution < -0.4 is 10.5 Å². The lowest BCUT2D eigenvalue weighted by Gasteiger charge is -2.18. The zero-order chi connectivity index (χ0) is 13.6. The molecule has 0 aliphatic heterocycles. The predicted molar refractivity (Wildman–Crippen MR) is 75.9 cm³/mol. The number of nitrogens with two attached hydrogens (primary N) is 1. The molecule has 0 spiro atoms. The van der Waals surface area contributed by atoms with Gasteiger partial charge in [0.25, 0.3) is 0 Å². The minimum absolute atomic E-state index is 0.122. The van der Waals surface area contributed by atoms with Gasteiger partial charge in [-0.15, -0.1) is 0 Å². The van der Waals surface area contributed by atoms with Gasteiger partial charge in [-0.2, -0.15) is 5.10 Å². The molecule has 2 aromatic rings. The third kappa shape index (κ3) is 1.79. The SMILES string of the molecule is COc1cccc(-n2nc3c(c2N)C(C)(C)CC3)c1. The number of anilines is 1. The van der Waals surface area contributed by atoms with Crippen LogP contribution in [0.2, 0.25) is 0 Å². The Kier molecular flexibility index (Phi) is 2.55. The first kappa shape index (κ1) is 12.1. The second-order valence-corrected chi connectivity index (χ2v) is 5.70. The Morgan fingerprint density at radius 1 is 1.37 bits per heavy atom. The molecular weight excluding hydrogens is 238 g/mol. The lowest BCUT2D eigenvalue weighted by Crippen LogP contribution is -2.15. The number of nitrogen functional groups attached to an aromatic ring is 1. The number of methoxy groups -OCH3 is 1. The zero-order valence-corrected chi connectivity index (χ0v) is 11.6. The molecule has 4 nitrogen and oxygen atoms in total. The van der Waals surface area contributed by atoms with Crippen molar-refractivity contribution < 1.29 is 4.74 Å². The van der Waals surface area contributed by atoms with Gasteiger partial charge >= 0.3 is 0 Å². The lowest BCUT2D eigenvalue weighted by atomic mass is 9.87. The van der Waals surface area contributed by atoms with Crippen molar-refractivity contribution in [3.63, 3.8) is 0 Å². The van der Waals surface area contributed by atoms with Crippen molar-refractivity contribution in [2.45, 2.75) is 32.1 Å². The zero-order valence-electron chi connectivity index (χ0n) is 11.6. The van der Waals surface area contributed by atoms with Gasteiger partial charge in [0.05, 0.1) is 18.5 Å². The fourth-order valence-corrected chi connectivity index (χ4v) is 2.89. The van der Waals surface area contributed by atoms with Crippen molar-refractivity contribution in [3.8, 4) is 11.4 Å². The maximum absolute atomic E-state index is 6.31. The largest absolute Gasteiger partial charge is 0.497 e. The van der Waals surface area contributed by atoms with Crippen LogP contribution in [0, 0.1) is 0 Å². The van der Waals surface area contributed by atoms with Crippen LogP contribution in [0.3, 0.4) is 0 Å². The Morgan fingerprint density at radius 2 is 2.16 bits per heavy atom. The molecule has 1 aromatic carbocycles. The lowest BCUT2D eigenvalue weighted by molar-refractivity contribution is 0.414. The van der Waals surface area contributed by atoms with Gasteiger partial charge in [-0.3, -0.25) is 0 Å². The van der Waals surface area contributed by atoms with Crippen molar-refractivity contribution in [1.29, 1.82) is 0 Å². The van der Waals surface area contributed by atoms with E-state index < -0.39 is 0 Å². The fourth-order valence-electron chi connectivity index (χ4n) is 2.89. The number of ether oxygens (including phenoxy) is 1. The van der Waals surface area contributed by atoms with E-state index in [9.17, 15) is 0 Å². The summed E-state index contributed by atoms with van der Waals surface area (Å²) in [4.78, 5) is 0. The summed E-state index contributed by atoms with van der Waals surface area (Å²) < 4.78 is 7.08. The Labute approximate surface area is 113 Å². The molecule has 1 aliphatic rings. The first-order valence-corrected chi connectivity index (χ1v) is 6.55. The van der Waals surface area contributed by atoms with Gasteiger partial charge in [0.2, 0.25) is 0 Å². The molecule has 4 heteroatoms. The summed E-state index contributed by atoms with van der Waals surface area (Å²) in [6, 6.07) is 7.81. The monoisotopic (exact) mass is 257 g/mol. The quantitative estimate of drug-likeness (QED) is 0.900. The second-order valence-electron chi connectivity index (χ2n) is 5.70. The smallest absolute Gasteiger partial charge is 0.131 e. The maximum atomic E-state index is 6.31. The number of rotatable bonds is 2. The standard InChI is InChI=1S/C15H19N3O/c1-15(2)8-7-12-13(15)14(16)18(17-12)10-5-4-6-11(9-10)19-3/h4-6,9H,7-8,16H2,1-3H3. The molecule has 19 heavy (non-hydrogen) atoms. The number of fused-ring (bicyclic) bond motifs is 1. The van der Waals surface area contributed by atoms with E-state index in [2.05, 4.69) is 18.9 Å². The third-order valence-electron chi connectivity index (χ3n) is 3.96. The normalized spacial score (nSPS) is 16.4. The number of aromatic nitrogens is 2. The topological polar surface area (TPSA) is 53.1 Å². The van der Waals surface area contributed by atoms with Gasteiger partial charge in [-0.1, -0.05) is 19.9 Å². The highest BCUT2D eigenvalue weighted by atomic mass is 16.5. The average molecular weight is 257 g/mol. The molecule has 3 rings (SSSR count). The van der Waals surface area contributed by atoms with Gasteiger partial charge in [-0.05, 0) is 30.4 Å². The van der Waals surface area contributed by atoms with E-state index in [1.807, 2.05) is 28.9 Å². The summed E-state index contributed by atoms with van der Waals surface area (Å²) in [5.74, 6) is 1.57. The number of hydrogen-bond donors (Lipinski definition) is 1. The Hall–Kier alpha value is -1.97. The number of aryl methyl sites for hydroxylation is 1. The Morgan fingerprint density at radius 3 is 2.84 bits per heavy atom. The van der Waals surface area contributed by atoms with E-state index >= 15 is 0 Å². The van der Waals surface area contributed by atoms with Crippen LogP contribution in [-0.2, 0) is 11.8 Å². The fraction of sp³-hybridized carbons (Fsp3) is 0.400. The van der Waals surface area contributed by atoms with E-state index in [1.54, 1.807) is 7.11 Å². The van der Waals surface area contributed by atoms with Crippen LogP contribution in [0.25, 0.3) is 5.69 Å². The molecule has 0 unspecified atom stereocenters. The molecule has 0 saturated heterocycles. The molecule has 0 fully saturated rings. The number of nitrogens with zero attached hydrogens (tertiary/aromatic N) is 2. The molecule has 0 amide bonds. The summed E-state index contributed by atoms with van der Waals surface area (Å²) in [5.41, 5.74) is 9.72. The minimum Gasteiger partial charge on any atom is -0.497 e.